The highest BCUT2D eigenvalue weighted by Crippen LogP contribution is 2.41. The average molecular weight is 384 g/mol. The van der Waals surface area contributed by atoms with Gasteiger partial charge in [0.05, 0.1) is 5.56 Å². The van der Waals surface area contributed by atoms with E-state index in [0.717, 1.165) is 24.0 Å². The molecular weight excluding hydrogens is 357 g/mol. The van der Waals surface area contributed by atoms with Crippen LogP contribution in [0.2, 0.25) is 0 Å². The second-order valence-corrected chi connectivity index (χ2v) is 8.48. The van der Waals surface area contributed by atoms with E-state index < -0.39 is 17.3 Å². The Labute approximate surface area is 158 Å². The molecule has 1 amide bonds. The third-order valence-electron chi connectivity index (χ3n) is 5.25. The van der Waals surface area contributed by atoms with Crippen molar-refractivity contribution in [2.24, 2.45) is 0 Å². The molecule has 0 saturated carbocycles. The molecule has 0 spiro atoms. The molecule has 27 heavy (non-hydrogen) atoms. The van der Waals surface area contributed by atoms with Crippen molar-refractivity contribution in [3.05, 3.63) is 34.9 Å². The van der Waals surface area contributed by atoms with Crippen LogP contribution < -0.4 is 0 Å². The lowest BCUT2D eigenvalue weighted by atomic mass is 10.0. The molecule has 2 aliphatic rings. The summed E-state index contributed by atoms with van der Waals surface area (Å²) in [7, 11) is 0. The summed E-state index contributed by atoms with van der Waals surface area (Å²) in [6.07, 6.45) is -3.06. The van der Waals surface area contributed by atoms with Gasteiger partial charge < -0.3 is 9.64 Å². The van der Waals surface area contributed by atoms with E-state index >= 15 is 0 Å². The summed E-state index contributed by atoms with van der Waals surface area (Å²) in [5, 5.41) is 0. The van der Waals surface area contributed by atoms with E-state index in [-0.39, 0.29) is 18.2 Å². The number of rotatable bonds is 1. The molecule has 3 rings (SSSR count). The highest BCUT2D eigenvalue weighted by atomic mass is 19.4. The van der Waals surface area contributed by atoms with Gasteiger partial charge in [-0.3, -0.25) is 4.90 Å². The van der Waals surface area contributed by atoms with E-state index in [0.29, 0.717) is 19.6 Å². The Kier molecular flexibility index (Phi) is 5.18. The number of fused-ring (bicyclic) bond motifs is 1. The molecule has 7 heteroatoms. The first-order chi connectivity index (χ1) is 12.5. The predicted molar refractivity (Wildman–Crippen MR) is 96.5 cm³/mol. The number of hydrogen-bond acceptors (Lipinski definition) is 3. The van der Waals surface area contributed by atoms with Gasteiger partial charge >= 0.3 is 12.3 Å². The van der Waals surface area contributed by atoms with Crippen molar-refractivity contribution in [1.82, 2.24) is 9.80 Å². The summed E-state index contributed by atoms with van der Waals surface area (Å²) in [6.45, 7) is 9.17. The Bertz CT molecular complexity index is 712. The third kappa shape index (κ3) is 4.39. The first-order valence-electron chi connectivity index (χ1n) is 9.39. The van der Waals surface area contributed by atoms with Crippen LogP contribution in [0.25, 0.3) is 0 Å². The van der Waals surface area contributed by atoms with Crippen molar-refractivity contribution in [3.8, 4) is 0 Å². The molecule has 4 nitrogen and oxygen atoms in total. The van der Waals surface area contributed by atoms with Crippen molar-refractivity contribution in [2.45, 2.75) is 64.4 Å². The molecule has 0 aromatic heterocycles. The van der Waals surface area contributed by atoms with E-state index in [9.17, 15) is 18.0 Å². The number of piperazine rings is 1. The Balaban J connectivity index is 1.73. The normalized spacial score (nSPS) is 24.0. The molecule has 0 N–H and O–H groups in total. The van der Waals surface area contributed by atoms with Crippen LogP contribution in [0.3, 0.4) is 0 Å². The highest BCUT2D eigenvalue weighted by molar-refractivity contribution is 5.68. The molecule has 0 radical (unpaired) electrons. The monoisotopic (exact) mass is 384 g/mol. The molecule has 150 valence electrons. The molecule has 1 aromatic carbocycles. The summed E-state index contributed by atoms with van der Waals surface area (Å²) in [5.41, 5.74) is 0.640. The van der Waals surface area contributed by atoms with Gasteiger partial charge in [0, 0.05) is 31.7 Å². The van der Waals surface area contributed by atoms with Gasteiger partial charge in [0.2, 0.25) is 0 Å². The second-order valence-electron chi connectivity index (χ2n) is 8.48. The summed E-state index contributed by atoms with van der Waals surface area (Å²) in [5.74, 6) is 0. The van der Waals surface area contributed by atoms with Gasteiger partial charge in [0.1, 0.15) is 5.60 Å². The van der Waals surface area contributed by atoms with Gasteiger partial charge in [0.15, 0.2) is 0 Å². The molecule has 1 aliphatic heterocycles. The van der Waals surface area contributed by atoms with Crippen LogP contribution in [0.4, 0.5) is 18.0 Å². The molecule has 1 aliphatic carbocycles. The van der Waals surface area contributed by atoms with Crippen LogP contribution in [0.1, 0.15) is 56.8 Å². The lowest BCUT2D eigenvalue weighted by Crippen LogP contribution is -2.55. The van der Waals surface area contributed by atoms with Gasteiger partial charge in [-0.05, 0) is 63.8 Å². The molecule has 1 aromatic rings. The predicted octanol–water partition coefficient (Wildman–Crippen LogP) is 4.63. The maximum Gasteiger partial charge on any atom is 0.416 e. The summed E-state index contributed by atoms with van der Waals surface area (Å²) < 4.78 is 44.8. The minimum Gasteiger partial charge on any atom is -0.444 e. The summed E-state index contributed by atoms with van der Waals surface area (Å²) in [4.78, 5) is 16.2. The number of benzene rings is 1. The number of halogens is 3. The van der Waals surface area contributed by atoms with E-state index in [1.807, 2.05) is 27.7 Å². The largest absolute Gasteiger partial charge is 0.444 e. The Morgan fingerprint density at radius 3 is 2.48 bits per heavy atom. The zero-order chi connectivity index (χ0) is 20.0. The van der Waals surface area contributed by atoms with Crippen LogP contribution in [-0.4, -0.2) is 47.2 Å². The van der Waals surface area contributed by atoms with Crippen molar-refractivity contribution >= 4 is 6.09 Å². The number of aryl methyl sites for hydroxylation is 1. The Hall–Kier alpha value is -1.76. The summed E-state index contributed by atoms with van der Waals surface area (Å²) >= 11 is 0. The zero-order valence-corrected chi connectivity index (χ0v) is 16.3. The number of alkyl halides is 3. The molecule has 0 bridgehead atoms. The first-order valence-corrected chi connectivity index (χ1v) is 9.39. The molecular formula is C20H27F3N2O2. The number of hydrogen-bond donors (Lipinski definition) is 0. The number of nitrogens with zero attached hydrogens (tertiary/aromatic N) is 2. The minimum absolute atomic E-state index is 0.0295. The smallest absolute Gasteiger partial charge is 0.416 e. The summed E-state index contributed by atoms with van der Waals surface area (Å²) in [6, 6.07) is 4.11. The molecule has 1 heterocycles. The topological polar surface area (TPSA) is 32.8 Å². The average Bonchev–Trinajstić information content (AvgIpc) is 2.95. The van der Waals surface area contributed by atoms with E-state index in [2.05, 4.69) is 4.90 Å². The fourth-order valence-electron chi connectivity index (χ4n) is 4.03. The third-order valence-corrected chi connectivity index (χ3v) is 5.25. The second kappa shape index (κ2) is 7.00. The lowest BCUT2D eigenvalue weighted by molar-refractivity contribution is -0.137. The fraction of sp³-hybridized carbons (Fsp3) is 0.650. The van der Waals surface area contributed by atoms with E-state index in [1.165, 1.54) is 12.1 Å². The van der Waals surface area contributed by atoms with Crippen LogP contribution in [0.15, 0.2) is 18.2 Å². The van der Waals surface area contributed by atoms with Crippen molar-refractivity contribution in [2.75, 3.05) is 19.6 Å². The van der Waals surface area contributed by atoms with Gasteiger partial charge in [-0.15, -0.1) is 0 Å². The Morgan fingerprint density at radius 2 is 1.89 bits per heavy atom. The van der Waals surface area contributed by atoms with E-state index in [1.54, 1.807) is 11.0 Å². The van der Waals surface area contributed by atoms with Crippen molar-refractivity contribution in [3.63, 3.8) is 0 Å². The number of carbonyl (C=O) groups excluding carboxylic acids is 1. The lowest BCUT2D eigenvalue weighted by Gasteiger charge is -2.43. The van der Waals surface area contributed by atoms with Crippen LogP contribution in [-0.2, 0) is 17.3 Å². The number of ether oxygens (including phenoxy) is 1. The molecule has 2 atom stereocenters. The molecule has 1 fully saturated rings. The fourth-order valence-corrected chi connectivity index (χ4v) is 4.03. The zero-order valence-electron chi connectivity index (χ0n) is 16.3. The standard InChI is InChI=1S/C20H27F3N2O2/c1-13-12-24(18(26)27-19(2,3)4)9-10-25(13)17-8-6-14-5-7-15(11-16(14)17)20(21,22)23/h5,7,11,13,17H,6,8-10,12H2,1-4H3/t13-,17?/m0/s1. The Morgan fingerprint density at radius 1 is 1.19 bits per heavy atom. The first kappa shape index (κ1) is 20.0. The maximum atomic E-state index is 13.1. The van der Waals surface area contributed by atoms with Gasteiger partial charge in [-0.1, -0.05) is 6.07 Å². The van der Waals surface area contributed by atoms with Crippen LogP contribution in [0.5, 0.6) is 0 Å². The van der Waals surface area contributed by atoms with Gasteiger partial charge in [0.25, 0.3) is 0 Å². The van der Waals surface area contributed by atoms with Gasteiger partial charge in [-0.25, -0.2) is 4.79 Å². The molecule has 1 saturated heterocycles. The van der Waals surface area contributed by atoms with Crippen molar-refractivity contribution in [1.29, 1.82) is 0 Å². The quantitative estimate of drug-likeness (QED) is 0.708. The minimum atomic E-state index is -4.33. The maximum absolute atomic E-state index is 13.1. The van der Waals surface area contributed by atoms with Crippen molar-refractivity contribution < 1.29 is 22.7 Å². The molecule has 1 unspecified atom stereocenters. The SMILES string of the molecule is C[C@H]1CN(C(=O)OC(C)(C)C)CCN1C1CCc2ccc(C(F)(F)F)cc21. The van der Waals surface area contributed by atoms with Crippen LogP contribution in [0, 0.1) is 0 Å². The van der Waals surface area contributed by atoms with Crippen LogP contribution >= 0.6 is 0 Å². The highest BCUT2D eigenvalue weighted by Gasteiger charge is 2.38. The number of amides is 1. The number of carbonyl (C=O) groups is 1. The van der Waals surface area contributed by atoms with E-state index in [4.69, 9.17) is 4.74 Å². The van der Waals surface area contributed by atoms with Gasteiger partial charge in [-0.2, -0.15) is 13.2 Å².